The van der Waals surface area contributed by atoms with E-state index in [1.54, 1.807) is 6.92 Å². The zero-order valence-corrected chi connectivity index (χ0v) is 15.4. The molecule has 0 aliphatic carbocycles. The summed E-state index contributed by atoms with van der Waals surface area (Å²) in [6.45, 7) is 1.56. The second-order valence-corrected chi connectivity index (χ2v) is 6.81. The molecule has 1 heterocycles. The van der Waals surface area contributed by atoms with Gasteiger partial charge in [-0.05, 0) is 13.0 Å². The number of cyclic esters (lactones) is 1. The van der Waals surface area contributed by atoms with Crippen LogP contribution in [0.15, 0.2) is 30.4 Å². The molecule has 1 aliphatic rings. The van der Waals surface area contributed by atoms with Gasteiger partial charge < -0.3 is 20.1 Å². The van der Waals surface area contributed by atoms with Gasteiger partial charge in [0.25, 0.3) is 0 Å². The molecule has 6 nitrogen and oxygen atoms in total. The van der Waals surface area contributed by atoms with Crippen LogP contribution in [0.25, 0.3) is 0 Å². The molecule has 0 amide bonds. The average Bonchev–Trinajstić information content (AvgIpc) is 2.54. The number of fused-ring (bicyclic) bond motifs is 1. The van der Waals surface area contributed by atoms with E-state index in [4.69, 9.17) is 27.9 Å². The number of carbonyl (C=O) groups excluding carboxylic acids is 2. The van der Waals surface area contributed by atoms with Crippen LogP contribution in [-0.2, 0) is 16.0 Å². The van der Waals surface area contributed by atoms with Gasteiger partial charge in [0.15, 0.2) is 5.78 Å². The van der Waals surface area contributed by atoms with Crippen LogP contribution in [-0.4, -0.2) is 44.7 Å². The SMILES string of the molecule is C[C@H]1C[C@H](O)C(Cl)C=CC=CC(=O)Cc2c(Cl)c(O)cc(O)c2C(=O)O1. The first-order chi connectivity index (χ1) is 12.2. The number of aliphatic hydroxyl groups is 1. The topological polar surface area (TPSA) is 104 Å². The lowest BCUT2D eigenvalue weighted by molar-refractivity contribution is -0.114. The van der Waals surface area contributed by atoms with Crippen LogP contribution in [0, 0.1) is 0 Å². The number of allylic oxidation sites excluding steroid dienone is 3. The van der Waals surface area contributed by atoms with Gasteiger partial charge in [0.05, 0.1) is 16.5 Å². The summed E-state index contributed by atoms with van der Waals surface area (Å²) in [5.74, 6) is -2.36. The molecule has 26 heavy (non-hydrogen) atoms. The molecule has 1 unspecified atom stereocenters. The largest absolute Gasteiger partial charge is 0.507 e. The third-order valence-corrected chi connectivity index (χ3v) is 4.67. The third kappa shape index (κ3) is 4.78. The Kier molecular flexibility index (Phi) is 6.69. The maximum Gasteiger partial charge on any atom is 0.342 e. The van der Waals surface area contributed by atoms with Crippen LogP contribution < -0.4 is 0 Å². The number of aliphatic hydroxyl groups excluding tert-OH is 1. The first-order valence-electron chi connectivity index (χ1n) is 7.84. The standard InChI is InChI=1S/C18H18Cl2O6/c1-9-6-13(22)12(19)5-3-2-4-10(21)7-11-16(18(25)26-9)14(23)8-15(24)17(11)20/h2-5,8-9,12-13,22-24H,6-7H2,1H3/t9-,12?,13-/m0/s1. The van der Waals surface area contributed by atoms with E-state index in [2.05, 4.69) is 0 Å². The molecule has 3 N–H and O–H groups in total. The molecular weight excluding hydrogens is 383 g/mol. The van der Waals surface area contributed by atoms with Crippen molar-refractivity contribution in [3.05, 3.63) is 46.5 Å². The smallest absolute Gasteiger partial charge is 0.342 e. The fourth-order valence-corrected chi connectivity index (χ4v) is 2.93. The summed E-state index contributed by atoms with van der Waals surface area (Å²) < 4.78 is 5.24. The summed E-state index contributed by atoms with van der Waals surface area (Å²) in [6.07, 6.45) is 3.73. The minimum absolute atomic E-state index is 0.0344. The Bertz CT molecular complexity index is 771. The molecule has 0 saturated carbocycles. The zero-order valence-electron chi connectivity index (χ0n) is 13.9. The highest BCUT2D eigenvalue weighted by atomic mass is 35.5. The van der Waals surface area contributed by atoms with Gasteiger partial charge in [0, 0.05) is 24.5 Å². The van der Waals surface area contributed by atoms with E-state index in [1.165, 1.54) is 24.3 Å². The van der Waals surface area contributed by atoms with E-state index in [0.29, 0.717) is 0 Å². The van der Waals surface area contributed by atoms with Crippen LogP contribution >= 0.6 is 23.2 Å². The Labute approximate surface area is 160 Å². The van der Waals surface area contributed by atoms with Crippen LogP contribution in [0.3, 0.4) is 0 Å². The molecule has 1 aromatic carbocycles. The zero-order chi connectivity index (χ0) is 19.4. The first kappa shape index (κ1) is 20.3. The number of ether oxygens (including phenoxy) is 1. The maximum atomic E-state index is 12.5. The van der Waals surface area contributed by atoms with Gasteiger partial charge in [0.1, 0.15) is 23.2 Å². The minimum Gasteiger partial charge on any atom is -0.507 e. The predicted molar refractivity (Wildman–Crippen MR) is 96.9 cm³/mol. The average molecular weight is 401 g/mol. The number of halogens is 2. The van der Waals surface area contributed by atoms with Crippen LogP contribution in [0.1, 0.15) is 29.3 Å². The van der Waals surface area contributed by atoms with E-state index >= 15 is 0 Å². The fraction of sp³-hybridized carbons (Fsp3) is 0.333. The Balaban J connectivity index is 2.51. The van der Waals surface area contributed by atoms with E-state index < -0.39 is 40.8 Å². The molecule has 0 aromatic heterocycles. The van der Waals surface area contributed by atoms with Crippen molar-refractivity contribution < 1.29 is 29.6 Å². The summed E-state index contributed by atoms with van der Waals surface area (Å²) in [5, 5.41) is 29.0. The van der Waals surface area contributed by atoms with Crippen LogP contribution in [0.4, 0.5) is 0 Å². The van der Waals surface area contributed by atoms with E-state index in [1.807, 2.05) is 0 Å². The second-order valence-electron chi connectivity index (χ2n) is 5.93. The van der Waals surface area contributed by atoms with Crippen molar-refractivity contribution in [2.75, 3.05) is 0 Å². The van der Waals surface area contributed by atoms with Gasteiger partial charge in [-0.15, -0.1) is 11.6 Å². The lowest BCUT2D eigenvalue weighted by atomic mass is 9.99. The number of carbonyl (C=O) groups is 2. The first-order valence-corrected chi connectivity index (χ1v) is 8.66. The highest BCUT2D eigenvalue weighted by Gasteiger charge is 2.27. The quantitative estimate of drug-likeness (QED) is 0.456. The highest BCUT2D eigenvalue weighted by molar-refractivity contribution is 6.33. The molecule has 2 rings (SSSR count). The summed E-state index contributed by atoms with van der Waals surface area (Å²) in [5.41, 5.74) is -0.335. The van der Waals surface area contributed by atoms with Crippen molar-refractivity contribution in [3.63, 3.8) is 0 Å². The summed E-state index contributed by atoms with van der Waals surface area (Å²) in [6, 6.07) is 0.906. The molecule has 3 atom stereocenters. The minimum atomic E-state index is -0.987. The number of esters is 1. The number of rotatable bonds is 0. The Hall–Kier alpha value is -2.02. The van der Waals surface area contributed by atoms with Gasteiger partial charge in [-0.3, -0.25) is 4.79 Å². The van der Waals surface area contributed by atoms with E-state index in [-0.39, 0.29) is 29.0 Å². The Morgan fingerprint density at radius 1 is 1.19 bits per heavy atom. The van der Waals surface area contributed by atoms with Crippen molar-refractivity contribution in [2.45, 2.75) is 37.4 Å². The van der Waals surface area contributed by atoms with Gasteiger partial charge >= 0.3 is 5.97 Å². The number of ketones is 1. The predicted octanol–water partition coefficient (Wildman–Crippen LogP) is 2.89. The van der Waals surface area contributed by atoms with Gasteiger partial charge in [-0.2, -0.15) is 0 Å². The van der Waals surface area contributed by atoms with Crippen LogP contribution in [0.2, 0.25) is 5.02 Å². The number of hydrogen-bond donors (Lipinski definition) is 3. The number of benzene rings is 1. The normalized spacial score (nSPS) is 24.7. The molecule has 0 fully saturated rings. The Morgan fingerprint density at radius 2 is 1.88 bits per heavy atom. The molecule has 1 aliphatic heterocycles. The molecule has 0 radical (unpaired) electrons. The molecule has 0 bridgehead atoms. The molecule has 1 aromatic rings. The molecule has 0 saturated heterocycles. The van der Waals surface area contributed by atoms with Crippen molar-refractivity contribution in [2.24, 2.45) is 0 Å². The van der Waals surface area contributed by atoms with Gasteiger partial charge in [0.2, 0.25) is 0 Å². The monoisotopic (exact) mass is 400 g/mol. The Morgan fingerprint density at radius 3 is 2.58 bits per heavy atom. The number of hydrogen-bond acceptors (Lipinski definition) is 6. The number of alkyl halides is 1. The molecule has 0 spiro atoms. The van der Waals surface area contributed by atoms with Crippen molar-refractivity contribution in [3.8, 4) is 11.5 Å². The summed E-state index contributed by atoms with van der Waals surface area (Å²) in [7, 11) is 0. The molecule has 140 valence electrons. The lowest BCUT2D eigenvalue weighted by Crippen LogP contribution is -2.27. The van der Waals surface area contributed by atoms with Gasteiger partial charge in [-0.25, -0.2) is 4.79 Å². The van der Waals surface area contributed by atoms with E-state index in [0.717, 1.165) is 6.07 Å². The number of phenols is 2. The summed E-state index contributed by atoms with van der Waals surface area (Å²) >= 11 is 12.1. The van der Waals surface area contributed by atoms with Gasteiger partial charge in [-0.1, -0.05) is 29.8 Å². The van der Waals surface area contributed by atoms with Crippen molar-refractivity contribution in [1.82, 2.24) is 0 Å². The highest BCUT2D eigenvalue weighted by Crippen LogP contribution is 2.37. The molecular formula is C18H18Cl2O6. The molecule has 8 heteroatoms. The lowest BCUT2D eigenvalue weighted by Gasteiger charge is -2.20. The maximum absolute atomic E-state index is 12.5. The fourth-order valence-electron chi connectivity index (χ4n) is 2.53. The van der Waals surface area contributed by atoms with Crippen molar-refractivity contribution in [1.29, 1.82) is 0 Å². The number of aromatic hydroxyl groups is 2. The number of phenolic OH excluding ortho intramolecular Hbond substituents is 2. The summed E-state index contributed by atoms with van der Waals surface area (Å²) in [4.78, 5) is 24.6. The second kappa shape index (κ2) is 8.58. The third-order valence-electron chi connectivity index (χ3n) is 3.81. The van der Waals surface area contributed by atoms with E-state index in [9.17, 15) is 24.9 Å². The van der Waals surface area contributed by atoms with Crippen molar-refractivity contribution >= 4 is 35.0 Å². The van der Waals surface area contributed by atoms with Crippen LogP contribution in [0.5, 0.6) is 11.5 Å².